The Labute approximate surface area is 226 Å². The highest BCUT2D eigenvalue weighted by Gasteiger charge is 2.23. The van der Waals surface area contributed by atoms with Crippen LogP contribution in [0.5, 0.6) is 0 Å². The Bertz CT molecular complexity index is 1520. The summed E-state index contributed by atoms with van der Waals surface area (Å²) in [7, 11) is 0. The minimum atomic E-state index is -0.208. The first kappa shape index (κ1) is 26.8. The van der Waals surface area contributed by atoms with Crippen molar-refractivity contribution in [3.8, 4) is 11.8 Å². The van der Waals surface area contributed by atoms with E-state index in [4.69, 9.17) is 0 Å². The summed E-state index contributed by atoms with van der Waals surface area (Å²) in [6, 6.07) is 21.8. The van der Waals surface area contributed by atoms with Crippen LogP contribution in [0.15, 0.2) is 90.1 Å². The van der Waals surface area contributed by atoms with Gasteiger partial charge in [0.15, 0.2) is 0 Å². The van der Waals surface area contributed by atoms with Crippen molar-refractivity contribution < 1.29 is 6.22 Å². The molecular weight excluding hydrogens is 468 g/mol. The fourth-order valence-electron chi connectivity index (χ4n) is 4.37. The summed E-state index contributed by atoms with van der Waals surface area (Å²) in [5, 5.41) is 0. The molecule has 0 aliphatic heterocycles. The zero-order chi connectivity index (χ0) is 26.9. The third-order valence-corrected chi connectivity index (χ3v) is 6.64. The standard InChI is InChI=1S/C32H28N2O2.C2H6.H2/c1-23-17-29(28-13-14-28)15-12-27(23)5-4-6-31(35)30-19-26(20-33-21-30)18-24-8-10-25(11-9-24)22-34-16-3-2-7-32(34)36;1-2;/h2-3,7-12,15-17,19-21,28H,5,13-14,18,22H2,1H3;1-2H3;1H. The first-order valence-electron chi connectivity index (χ1n) is 13.3. The molecule has 4 heteroatoms. The third-order valence-electron chi connectivity index (χ3n) is 6.64. The fraction of sp³-hybridized carbons (Fsp3) is 0.265. The van der Waals surface area contributed by atoms with Crippen molar-refractivity contribution in [2.24, 2.45) is 0 Å². The maximum Gasteiger partial charge on any atom is 0.250 e. The molecule has 4 nitrogen and oxygen atoms in total. The molecular formula is C34H36N2O2. The molecule has 194 valence electrons. The number of benzene rings is 2. The summed E-state index contributed by atoms with van der Waals surface area (Å²) in [6.07, 6.45) is 8.98. The van der Waals surface area contributed by atoms with Crippen molar-refractivity contribution in [3.63, 3.8) is 0 Å². The molecule has 0 unspecified atom stereocenters. The fourth-order valence-corrected chi connectivity index (χ4v) is 4.37. The van der Waals surface area contributed by atoms with Gasteiger partial charge in [-0.3, -0.25) is 14.6 Å². The summed E-state index contributed by atoms with van der Waals surface area (Å²) in [6.45, 7) is 6.65. The van der Waals surface area contributed by atoms with Gasteiger partial charge < -0.3 is 4.57 Å². The molecule has 1 fully saturated rings. The Morgan fingerprint density at radius 3 is 2.45 bits per heavy atom. The number of carbonyl (C=O) groups excluding carboxylic acids is 1. The van der Waals surface area contributed by atoms with E-state index in [1.54, 1.807) is 35.3 Å². The number of pyridine rings is 2. The van der Waals surface area contributed by atoms with Crippen molar-refractivity contribution in [3.05, 3.63) is 135 Å². The molecule has 0 atom stereocenters. The van der Waals surface area contributed by atoms with E-state index in [1.807, 2.05) is 38.1 Å². The lowest BCUT2D eigenvalue weighted by Gasteiger charge is -2.07. The van der Waals surface area contributed by atoms with Crippen molar-refractivity contribution in [2.45, 2.75) is 58.9 Å². The van der Waals surface area contributed by atoms with E-state index in [0.29, 0.717) is 24.9 Å². The lowest BCUT2D eigenvalue weighted by molar-refractivity contribution is 0.105. The normalized spacial score (nSPS) is 12.1. The predicted octanol–water partition coefficient (Wildman–Crippen LogP) is 6.77. The van der Waals surface area contributed by atoms with E-state index >= 15 is 0 Å². The molecule has 5 rings (SSSR count). The highest BCUT2D eigenvalue weighted by Crippen LogP contribution is 2.40. The monoisotopic (exact) mass is 504 g/mol. The summed E-state index contributed by atoms with van der Waals surface area (Å²) in [5.74, 6) is 6.38. The zero-order valence-electron chi connectivity index (χ0n) is 22.4. The number of Topliss-reactive ketones (excluding diaryl/α,β-unsaturated/α-hetero) is 1. The highest BCUT2D eigenvalue weighted by atomic mass is 16.1. The maximum atomic E-state index is 12.7. The van der Waals surface area contributed by atoms with Gasteiger partial charge in [-0.05, 0) is 83.5 Å². The van der Waals surface area contributed by atoms with Crippen molar-refractivity contribution in [1.82, 2.24) is 9.55 Å². The molecule has 0 amide bonds. The van der Waals surface area contributed by atoms with Crippen molar-refractivity contribution in [2.75, 3.05) is 0 Å². The van der Waals surface area contributed by atoms with Crippen molar-refractivity contribution in [1.29, 1.82) is 0 Å². The molecule has 0 N–H and O–H groups in total. The van der Waals surface area contributed by atoms with Crippen LogP contribution >= 0.6 is 0 Å². The second kappa shape index (κ2) is 12.8. The van der Waals surface area contributed by atoms with Crippen LogP contribution in [-0.4, -0.2) is 15.3 Å². The second-order valence-electron chi connectivity index (χ2n) is 9.51. The van der Waals surface area contributed by atoms with Crippen LogP contribution < -0.4 is 5.56 Å². The molecule has 38 heavy (non-hydrogen) atoms. The average molecular weight is 505 g/mol. The molecule has 0 spiro atoms. The lowest BCUT2D eigenvalue weighted by Crippen LogP contribution is -2.18. The van der Waals surface area contributed by atoms with Crippen LogP contribution in [0.2, 0.25) is 0 Å². The number of hydrogen-bond acceptors (Lipinski definition) is 3. The van der Waals surface area contributed by atoms with Gasteiger partial charge in [-0.1, -0.05) is 68.3 Å². The molecule has 1 aliphatic carbocycles. The molecule has 0 saturated heterocycles. The van der Waals surface area contributed by atoms with E-state index in [-0.39, 0.29) is 12.8 Å². The number of hydrogen-bond donors (Lipinski definition) is 0. The smallest absolute Gasteiger partial charge is 0.250 e. The quantitative estimate of drug-likeness (QED) is 0.159. The Kier molecular flexibility index (Phi) is 9.06. The molecule has 0 bridgehead atoms. The molecule has 0 radical (unpaired) electrons. The third kappa shape index (κ3) is 7.17. The summed E-state index contributed by atoms with van der Waals surface area (Å²) in [4.78, 5) is 28.9. The number of ketones is 1. The first-order chi connectivity index (χ1) is 18.5. The number of carbonyl (C=O) groups is 1. The van der Waals surface area contributed by atoms with Crippen molar-refractivity contribution >= 4 is 5.78 Å². The van der Waals surface area contributed by atoms with Crippen LogP contribution in [0, 0.1) is 18.8 Å². The first-order valence-corrected chi connectivity index (χ1v) is 13.3. The summed E-state index contributed by atoms with van der Waals surface area (Å²) < 4.78 is 1.68. The minimum absolute atomic E-state index is 0. The van der Waals surface area contributed by atoms with E-state index in [2.05, 4.69) is 54.1 Å². The van der Waals surface area contributed by atoms with E-state index < -0.39 is 0 Å². The van der Waals surface area contributed by atoms with E-state index in [9.17, 15) is 9.59 Å². The van der Waals surface area contributed by atoms with Gasteiger partial charge in [-0.15, -0.1) is 0 Å². The maximum absolute atomic E-state index is 12.7. The predicted molar refractivity (Wildman–Crippen MR) is 156 cm³/mol. The number of nitrogens with zero attached hydrogens (tertiary/aromatic N) is 2. The van der Waals surface area contributed by atoms with Crippen LogP contribution in [0.1, 0.15) is 77.8 Å². The summed E-state index contributed by atoms with van der Waals surface area (Å²) >= 11 is 0. The average Bonchev–Trinajstić information content (AvgIpc) is 3.79. The Balaban J connectivity index is 0.00000137. The minimum Gasteiger partial charge on any atom is -0.311 e. The molecule has 4 aromatic rings. The largest absolute Gasteiger partial charge is 0.311 e. The van der Waals surface area contributed by atoms with Gasteiger partial charge >= 0.3 is 0 Å². The Morgan fingerprint density at radius 2 is 1.74 bits per heavy atom. The van der Waals surface area contributed by atoms with Gasteiger partial charge in [0.05, 0.1) is 6.54 Å². The lowest BCUT2D eigenvalue weighted by atomic mass is 10.0. The van der Waals surface area contributed by atoms with Gasteiger partial charge in [0, 0.05) is 38.1 Å². The Morgan fingerprint density at radius 1 is 0.974 bits per heavy atom. The van der Waals surface area contributed by atoms with Gasteiger partial charge in [-0.2, -0.15) is 0 Å². The van der Waals surface area contributed by atoms with E-state index in [0.717, 1.165) is 22.6 Å². The van der Waals surface area contributed by atoms with Gasteiger partial charge in [0.1, 0.15) is 0 Å². The topological polar surface area (TPSA) is 52.0 Å². The number of rotatable bonds is 7. The molecule has 2 heterocycles. The molecule has 2 aromatic carbocycles. The van der Waals surface area contributed by atoms with Gasteiger partial charge in [-0.25, -0.2) is 0 Å². The van der Waals surface area contributed by atoms with E-state index in [1.165, 1.54) is 29.5 Å². The zero-order valence-corrected chi connectivity index (χ0v) is 22.4. The Hall–Kier alpha value is -4.23. The van der Waals surface area contributed by atoms with Crippen LogP contribution in [-0.2, 0) is 19.4 Å². The van der Waals surface area contributed by atoms with Crippen LogP contribution in [0.25, 0.3) is 0 Å². The molecule has 1 aliphatic rings. The SMILES string of the molecule is CC.Cc1cc(C2CC2)ccc1CC#CC(=O)c1cncc(Cc2ccc(Cn3ccccc3=O)cc2)c1.[HH]. The number of aromatic nitrogens is 2. The number of aryl methyl sites for hydroxylation is 1. The second-order valence-corrected chi connectivity index (χ2v) is 9.51. The van der Waals surface area contributed by atoms with Crippen LogP contribution in [0.4, 0.5) is 0 Å². The summed E-state index contributed by atoms with van der Waals surface area (Å²) in [5.41, 5.74) is 7.47. The highest BCUT2D eigenvalue weighted by molar-refractivity contribution is 6.08. The van der Waals surface area contributed by atoms with Gasteiger partial charge in [0.2, 0.25) is 5.78 Å². The van der Waals surface area contributed by atoms with Crippen LogP contribution in [0.3, 0.4) is 0 Å². The molecule has 1 saturated carbocycles. The molecule has 2 aromatic heterocycles. The van der Waals surface area contributed by atoms with Gasteiger partial charge in [0.25, 0.3) is 5.56 Å².